The topological polar surface area (TPSA) is 81.3 Å². The molecule has 0 unspecified atom stereocenters. The van der Waals surface area contributed by atoms with Gasteiger partial charge in [0, 0.05) is 38.3 Å². The van der Waals surface area contributed by atoms with Crippen molar-refractivity contribution in [3.8, 4) is 17.2 Å². The minimum atomic E-state index is -0.280. The molecular formula is C16H25N3O5. The SMILES string of the molecule is COc1cc(NC(=O)NCCN2CCOCC2)cc(OC)c1OC. The largest absolute Gasteiger partial charge is 0.493 e. The highest BCUT2D eigenvalue weighted by Gasteiger charge is 2.15. The summed E-state index contributed by atoms with van der Waals surface area (Å²) < 4.78 is 21.1. The van der Waals surface area contributed by atoms with Gasteiger partial charge in [-0.3, -0.25) is 4.90 Å². The first-order valence-electron chi connectivity index (χ1n) is 7.83. The zero-order valence-corrected chi connectivity index (χ0v) is 14.4. The van der Waals surface area contributed by atoms with Gasteiger partial charge in [-0.1, -0.05) is 0 Å². The minimum absolute atomic E-state index is 0.280. The third kappa shape index (κ3) is 4.90. The summed E-state index contributed by atoms with van der Waals surface area (Å²) in [6, 6.07) is 3.09. The molecule has 1 aromatic carbocycles. The first-order valence-corrected chi connectivity index (χ1v) is 7.83. The molecule has 1 saturated heterocycles. The standard InChI is InChI=1S/C16H25N3O5/c1-21-13-10-12(11-14(22-2)15(13)23-3)18-16(20)17-4-5-19-6-8-24-9-7-19/h10-11H,4-9H2,1-3H3,(H2,17,18,20). The van der Waals surface area contributed by atoms with E-state index >= 15 is 0 Å². The van der Waals surface area contributed by atoms with Gasteiger partial charge in [-0.25, -0.2) is 4.79 Å². The van der Waals surface area contributed by atoms with Crippen LogP contribution in [0.3, 0.4) is 0 Å². The zero-order chi connectivity index (χ0) is 17.4. The van der Waals surface area contributed by atoms with Crippen LogP contribution in [0.25, 0.3) is 0 Å². The van der Waals surface area contributed by atoms with Crippen molar-refractivity contribution in [3.05, 3.63) is 12.1 Å². The molecule has 0 aliphatic carbocycles. The fourth-order valence-corrected chi connectivity index (χ4v) is 2.48. The van der Waals surface area contributed by atoms with E-state index in [9.17, 15) is 4.79 Å². The molecule has 8 nitrogen and oxygen atoms in total. The number of urea groups is 1. The van der Waals surface area contributed by atoms with Crippen LogP contribution >= 0.6 is 0 Å². The first kappa shape index (κ1) is 18.2. The maximum Gasteiger partial charge on any atom is 0.319 e. The van der Waals surface area contributed by atoms with E-state index < -0.39 is 0 Å². The van der Waals surface area contributed by atoms with Crippen LogP contribution in [-0.2, 0) is 4.74 Å². The van der Waals surface area contributed by atoms with Crippen LogP contribution < -0.4 is 24.8 Å². The molecule has 0 aromatic heterocycles. The van der Waals surface area contributed by atoms with Gasteiger partial charge in [-0.2, -0.15) is 0 Å². The van der Waals surface area contributed by atoms with E-state index in [-0.39, 0.29) is 6.03 Å². The highest BCUT2D eigenvalue weighted by atomic mass is 16.5. The molecule has 2 rings (SSSR count). The summed E-state index contributed by atoms with van der Waals surface area (Å²) in [6.07, 6.45) is 0. The van der Waals surface area contributed by atoms with Gasteiger partial charge in [0.1, 0.15) is 0 Å². The molecule has 1 aliphatic rings. The summed E-state index contributed by atoms with van der Waals surface area (Å²) in [4.78, 5) is 14.3. The Labute approximate surface area is 142 Å². The third-order valence-corrected chi connectivity index (χ3v) is 3.74. The average Bonchev–Trinajstić information content (AvgIpc) is 2.61. The molecule has 24 heavy (non-hydrogen) atoms. The average molecular weight is 339 g/mol. The Balaban J connectivity index is 1.88. The number of hydrogen-bond donors (Lipinski definition) is 2. The Morgan fingerprint density at radius 1 is 1.12 bits per heavy atom. The number of nitrogens with one attached hydrogen (secondary N) is 2. The number of hydrogen-bond acceptors (Lipinski definition) is 6. The van der Waals surface area contributed by atoms with Crippen molar-refractivity contribution in [2.24, 2.45) is 0 Å². The van der Waals surface area contributed by atoms with Crippen LogP contribution in [0.4, 0.5) is 10.5 Å². The fourth-order valence-electron chi connectivity index (χ4n) is 2.48. The van der Waals surface area contributed by atoms with E-state index in [1.165, 1.54) is 21.3 Å². The van der Waals surface area contributed by atoms with Crippen molar-refractivity contribution in [2.45, 2.75) is 0 Å². The summed E-state index contributed by atoms with van der Waals surface area (Å²) >= 11 is 0. The second-order valence-electron chi connectivity index (χ2n) is 5.25. The van der Waals surface area contributed by atoms with Gasteiger partial charge in [0.15, 0.2) is 11.5 Å². The zero-order valence-electron chi connectivity index (χ0n) is 14.4. The molecule has 0 bridgehead atoms. The van der Waals surface area contributed by atoms with E-state index in [0.29, 0.717) is 29.5 Å². The molecular weight excluding hydrogens is 314 g/mol. The van der Waals surface area contributed by atoms with Gasteiger partial charge in [0.05, 0.1) is 40.2 Å². The van der Waals surface area contributed by atoms with E-state index in [1.807, 2.05) is 0 Å². The normalized spacial score (nSPS) is 14.8. The van der Waals surface area contributed by atoms with Crippen LogP contribution in [0, 0.1) is 0 Å². The number of ether oxygens (including phenoxy) is 4. The van der Waals surface area contributed by atoms with Gasteiger partial charge in [0.2, 0.25) is 5.75 Å². The van der Waals surface area contributed by atoms with Crippen molar-refractivity contribution >= 4 is 11.7 Å². The molecule has 0 radical (unpaired) electrons. The molecule has 134 valence electrons. The van der Waals surface area contributed by atoms with Crippen LogP contribution in [0.1, 0.15) is 0 Å². The van der Waals surface area contributed by atoms with Crippen LogP contribution in [-0.4, -0.2) is 71.7 Å². The monoisotopic (exact) mass is 339 g/mol. The smallest absolute Gasteiger partial charge is 0.319 e. The summed E-state index contributed by atoms with van der Waals surface area (Å²) in [5, 5.41) is 5.61. The Morgan fingerprint density at radius 2 is 1.75 bits per heavy atom. The number of carbonyl (C=O) groups is 1. The van der Waals surface area contributed by atoms with Gasteiger partial charge in [-0.05, 0) is 0 Å². The van der Waals surface area contributed by atoms with Gasteiger partial charge in [0.25, 0.3) is 0 Å². The van der Waals surface area contributed by atoms with Gasteiger partial charge < -0.3 is 29.6 Å². The lowest BCUT2D eigenvalue weighted by Gasteiger charge is -2.26. The van der Waals surface area contributed by atoms with Crippen molar-refractivity contribution in [1.29, 1.82) is 0 Å². The fraction of sp³-hybridized carbons (Fsp3) is 0.562. The molecule has 2 amide bonds. The highest BCUT2D eigenvalue weighted by molar-refractivity contribution is 5.90. The lowest BCUT2D eigenvalue weighted by Crippen LogP contribution is -2.42. The van der Waals surface area contributed by atoms with Crippen LogP contribution in [0.15, 0.2) is 12.1 Å². The number of methoxy groups -OCH3 is 3. The number of morpholine rings is 1. The molecule has 1 fully saturated rings. The van der Waals surface area contributed by atoms with Crippen LogP contribution in [0.5, 0.6) is 17.2 Å². The quantitative estimate of drug-likeness (QED) is 0.776. The third-order valence-electron chi connectivity index (χ3n) is 3.74. The number of nitrogens with zero attached hydrogens (tertiary/aromatic N) is 1. The van der Waals surface area contributed by atoms with E-state index in [2.05, 4.69) is 15.5 Å². The Morgan fingerprint density at radius 3 is 2.29 bits per heavy atom. The summed E-state index contributed by atoms with van der Waals surface area (Å²) in [5.74, 6) is 1.46. The molecule has 0 spiro atoms. The lowest BCUT2D eigenvalue weighted by molar-refractivity contribution is 0.0388. The molecule has 1 aliphatic heterocycles. The molecule has 1 aromatic rings. The minimum Gasteiger partial charge on any atom is -0.493 e. The number of amides is 2. The molecule has 8 heteroatoms. The van der Waals surface area contributed by atoms with E-state index in [4.69, 9.17) is 18.9 Å². The maximum absolute atomic E-state index is 12.0. The molecule has 2 N–H and O–H groups in total. The molecule has 1 heterocycles. The van der Waals surface area contributed by atoms with Gasteiger partial charge in [-0.15, -0.1) is 0 Å². The molecule has 0 atom stereocenters. The Hall–Kier alpha value is -2.19. The summed E-state index contributed by atoms with van der Waals surface area (Å²) in [7, 11) is 4.60. The second kappa shape index (κ2) is 9.19. The van der Waals surface area contributed by atoms with Crippen molar-refractivity contribution in [1.82, 2.24) is 10.2 Å². The lowest BCUT2D eigenvalue weighted by atomic mass is 10.2. The predicted molar refractivity (Wildman–Crippen MR) is 90.4 cm³/mol. The van der Waals surface area contributed by atoms with Gasteiger partial charge >= 0.3 is 6.03 Å². The second-order valence-corrected chi connectivity index (χ2v) is 5.25. The molecule has 0 saturated carbocycles. The number of anilines is 1. The maximum atomic E-state index is 12.0. The number of rotatable bonds is 7. The van der Waals surface area contributed by atoms with E-state index in [1.54, 1.807) is 12.1 Å². The summed E-state index contributed by atoms with van der Waals surface area (Å²) in [6.45, 7) is 4.66. The Bertz CT molecular complexity index is 522. The summed E-state index contributed by atoms with van der Waals surface area (Å²) in [5.41, 5.74) is 0.563. The van der Waals surface area contributed by atoms with E-state index in [0.717, 1.165) is 32.8 Å². The highest BCUT2D eigenvalue weighted by Crippen LogP contribution is 2.39. The first-order chi connectivity index (χ1) is 11.7. The van der Waals surface area contributed by atoms with Crippen molar-refractivity contribution < 1.29 is 23.7 Å². The Kier molecular flexibility index (Phi) is 6.95. The van der Waals surface area contributed by atoms with Crippen LogP contribution in [0.2, 0.25) is 0 Å². The van der Waals surface area contributed by atoms with Crippen molar-refractivity contribution in [2.75, 3.05) is 66.0 Å². The van der Waals surface area contributed by atoms with Crippen molar-refractivity contribution in [3.63, 3.8) is 0 Å². The predicted octanol–water partition coefficient (Wildman–Crippen LogP) is 1.17. The number of benzene rings is 1. The number of carbonyl (C=O) groups excluding carboxylic acids is 1.